The van der Waals surface area contributed by atoms with Crippen molar-refractivity contribution in [3.63, 3.8) is 0 Å². The molecule has 2 aromatic carbocycles. The zero-order valence-electron chi connectivity index (χ0n) is 12.7. The van der Waals surface area contributed by atoms with Crippen LogP contribution >= 0.6 is 0 Å². The van der Waals surface area contributed by atoms with Gasteiger partial charge in [0, 0.05) is 17.0 Å². The van der Waals surface area contributed by atoms with Crippen molar-refractivity contribution in [2.45, 2.75) is 12.8 Å². The number of hydrogen-bond donors (Lipinski definition) is 2. The minimum Gasteiger partial charge on any atom is -0.491 e. The van der Waals surface area contributed by atoms with Crippen molar-refractivity contribution >= 4 is 0 Å². The molecule has 0 aliphatic carbocycles. The molecule has 0 unspecified atom stereocenters. The lowest BCUT2D eigenvalue weighted by Crippen LogP contribution is -2.08. The summed E-state index contributed by atoms with van der Waals surface area (Å²) < 4.78 is 11.2. The molecule has 0 saturated heterocycles. The van der Waals surface area contributed by atoms with Crippen molar-refractivity contribution in [2.24, 2.45) is 0 Å². The van der Waals surface area contributed by atoms with Crippen LogP contribution in [-0.4, -0.2) is 36.6 Å². The third-order valence-corrected chi connectivity index (χ3v) is 3.47. The molecule has 2 rings (SSSR count). The van der Waals surface area contributed by atoms with Gasteiger partial charge in [0.05, 0.1) is 13.2 Å². The largest absolute Gasteiger partial charge is 0.491 e. The number of ether oxygens (including phenoxy) is 2. The van der Waals surface area contributed by atoms with E-state index in [4.69, 9.17) is 19.7 Å². The van der Waals surface area contributed by atoms with Gasteiger partial charge in [-0.15, -0.1) is 0 Å². The van der Waals surface area contributed by atoms with Gasteiger partial charge in [0.1, 0.15) is 24.7 Å². The minimum atomic E-state index is -0.0150. The second-order valence-corrected chi connectivity index (χ2v) is 4.94. The Morgan fingerprint density at radius 2 is 1.18 bits per heavy atom. The first kappa shape index (κ1) is 16.3. The van der Waals surface area contributed by atoms with Crippen LogP contribution < -0.4 is 9.47 Å². The fourth-order valence-electron chi connectivity index (χ4n) is 2.42. The third kappa shape index (κ3) is 4.00. The summed E-state index contributed by atoms with van der Waals surface area (Å²) in [4.78, 5) is 0. The molecule has 0 amide bonds. The molecule has 4 heteroatoms. The van der Waals surface area contributed by atoms with Crippen LogP contribution in [0.15, 0.2) is 48.5 Å². The molecule has 0 aliphatic rings. The van der Waals surface area contributed by atoms with Gasteiger partial charge in [-0.1, -0.05) is 43.3 Å². The molecule has 0 heterocycles. The van der Waals surface area contributed by atoms with E-state index >= 15 is 0 Å². The molecule has 2 aromatic rings. The van der Waals surface area contributed by atoms with E-state index in [1.165, 1.54) is 0 Å². The molecule has 22 heavy (non-hydrogen) atoms. The number of aliphatic hydroxyl groups is 2. The Morgan fingerprint density at radius 1 is 0.773 bits per heavy atom. The highest BCUT2D eigenvalue weighted by molar-refractivity contribution is 5.46. The quantitative estimate of drug-likeness (QED) is 0.787. The van der Waals surface area contributed by atoms with E-state index in [1.54, 1.807) is 0 Å². The van der Waals surface area contributed by atoms with E-state index in [9.17, 15) is 0 Å². The summed E-state index contributed by atoms with van der Waals surface area (Å²) in [5, 5.41) is 17.9. The highest BCUT2D eigenvalue weighted by Gasteiger charge is 2.17. The normalized spacial score (nSPS) is 10.7. The standard InChI is InChI=1S/C18H22O4/c1-14(15-6-2-4-8-17(15)21-12-10-19)16-7-3-5-9-18(16)22-13-11-20/h2-9,14,19-20H,10-13H2,1H3. The summed E-state index contributed by atoms with van der Waals surface area (Å²) >= 11 is 0. The number of para-hydroxylation sites is 2. The van der Waals surface area contributed by atoms with E-state index in [1.807, 2.05) is 48.5 Å². The zero-order valence-corrected chi connectivity index (χ0v) is 12.7. The van der Waals surface area contributed by atoms with Gasteiger partial charge < -0.3 is 19.7 Å². The molecule has 0 fully saturated rings. The van der Waals surface area contributed by atoms with Crippen LogP contribution in [0, 0.1) is 0 Å². The molecular formula is C18H22O4. The Hall–Kier alpha value is -2.04. The summed E-state index contributed by atoms with van der Waals surface area (Å²) in [5.74, 6) is 1.60. The SMILES string of the molecule is CC(c1ccccc1OCCO)c1ccccc1OCCO. The number of hydrogen-bond acceptors (Lipinski definition) is 4. The van der Waals surface area contributed by atoms with Crippen molar-refractivity contribution in [1.82, 2.24) is 0 Å². The average Bonchev–Trinajstić information content (AvgIpc) is 2.58. The maximum atomic E-state index is 8.95. The fourth-order valence-corrected chi connectivity index (χ4v) is 2.42. The summed E-state index contributed by atoms with van der Waals surface area (Å²) in [5.41, 5.74) is 2.08. The third-order valence-electron chi connectivity index (χ3n) is 3.47. The molecule has 2 N–H and O–H groups in total. The highest BCUT2D eigenvalue weighted by Crippen LogP contribution is 2.36. The molecule has 0 aromatic heterocycles. The predicted octanol–water partition coefficient (Wildman–Crippen LogP) is 2.58. The van der Waals surface area contributed by atoms with Gasteiger partial charge in [0.25, 0.3) is 0 Å². The molecule has 118 valence electrons. The van der Waals surface area contributed by atoms with Crippen LogP contribution in [0.3, 0.4) is 0 Å². The summed E-state index contributed by atoms with van der Waals surface area (Å²) in [6.45, 7) is 2.60. The Bertz CT molecular complexity index is 531. The fraction of sp³-hybridized carbons (Fsp3) is 0.333. The van der Waals surface area contributed by atoms with Crippen molar-refractivity contribution in [3.05, 3.63) is 59.7 Å². The van der Waals surface area contributed by atoms with E-state index < -0.39 is 0 Å². The Labute approximate surface area is 130 Å². The first-order valence-electron chi connectivity index (χ1n) is 7.43. The second kappa shape index (κ2) is 8.41. The van der Waals surface area contributed by atoms with Crippen molar-refractivity contribution in [3.8, 4) is 11.5 Å². The van der Waals surface area contributed by atoms with Crippen molar-refractivity contribution < 1.29 is 19.7 Å². The first-order valence-corrected chi connectivity index (χ1v) is 7.43. The molecule has 4 nitrogen and oxygen atoms in total. The molecule has 0 bridgehead atoms. The van der Waals surface area contributed by atoms with Gasteiger partial charge in [0.2, 0.25) is 0 Å². The van der Waals surface area contributed by atoms with E-state index in [2.05, 4.69) is 6.92 Å². The Kier molecular flexibility index (Phi) is 6.25. The monoisotopic (exact) mass is 302 g/mol. The van der Waals surface area contributed by atoms with E-state index in [0.717, 1.165) is 22.6 Å². The Balaban J connectivity index is 2.30. The van der Waals surface area contributed by atoms with Crippen LogP contribution in [0.1, 0.15) is 24.0 Å². The van der Waals surface area contributed by atoms with Crippen molar-refractivity contribution in [1.29, 1.82) is 0 Å². The van der Waals surface area contributed by atoms with Gasteiger partial charge in [-0.25, -0.2) is 0 Å². The van der Waals surface area contributed by atoms with Gasteiger partial charge in [-0.3, -0.25) is 0 Å². The van der Waals surface area contributed by atoms with Crippen LogP contribution in [0.25, 0.3) is 0 Å². The lowest BCUT2D eigenvalue weighted by atomic mass is 9.91. The number of rotatable bonds is 8. The number of aliphatic hydroxyl groups excluding tert-OH is 2. The van der Waals surface area contributed by atoms with Crippen LogP contribution in [0.4, 0.5) is 0 Å². The molecule has 0 radical (unpaired) electrons. The van der Waals surface area contributed by atoms with Crippen LogP contribution in [-0.2, 0) is 0 Å². The zero-order chi connectivity index (χ0) is 15.8. The smallest absolute Gasteiger partial charge is 0.123 e. The van der Waals surface area contributed by atoms with E-state index in [0.29, 0.717) is 0 Å². The minimum absolute atomic E-state index is 0.0150. The predicted molar refractivity (Wildman–Crippen MR) is 85.6 cm³/mol. The summed E-state index contributed by atoms with van der Waals surface area (Å²) in [6, 6.07) is 15.6. The molecular weight excluding hydrogens is 280 g/mol. The highest BCUT2D eigenvalue weighted by atomic mass is 16.5. The first-order chi connectivity index (χ1) is 10.8. The number of benzene rings is 2. The van der Waals surface area contributed by atoms with Gasteiger partial charge in [-0.2, -0.15) is 0 Å². The second-order valence-electron chi connectivity index (χ2n) is 4.94. The van der Waals surface area contributed by atoms with Crippen molar-refractivity contribution in [2.75, 3.05) is 26.4 Å². The molecule has 0 aliphatic heterocycles. The topological polar surface area (TPSA) is 58.9 Å². The van der Waals surface area contributed by atoms with E-state index in [-0.39, 0.29) is 32.3 Å². The lowest BCUT2D eigenvalue weighted by Gasteiger charge is -2.20. The molecule has 0 spiro atoms. The van der Waals surface area contributed by atoms with Crippen LogP contribution in [0.5, 0.6) is 11.5 Å². The van der Waals surface area contributed by atoms with Gasteiger partial charge >= 0.3 is 0 Å². The van der Waals surface area contributed by atoms with Gasteiger partial charge in [0.15, 0.2) is 0 Å². The lowest BCUT2D eigenvalue weighted by molar-refractivity contribution is 0.198. The maximum absolute atomic E-state index is 8.95. The summed E-state index contributed by atoms with van der Waals surface area (Å²) in [6.07, 6.45) is 0. The maximum Gasteiger partial charge on any atom is 0.123 e. The van der Waals surface area contributed by atoms with Crippen LogP contribution in [0.2, 0.25) is 0 Å². The summed E-state index contributed by atoms with van der Waals surface area (Å²) in [7, 11) is 0. The van der Waals surface area contributed by atoms with Gasteiger partial charge in [-0.05, 0) is 12.1 Å². The Morgan fingerprint density at radius 3 is 1.59 bits per heavy atom. The molecule has 0 atom stereocenters. The average molecular weight is 302 g/mol. The molecule has 0 saturated carbocycles.